The molecule has 0 amide bonds. The van der Waals surface area contributed by atoms with Crippen molar-refractivity contribution in [3.63, 3.8) is 0 Å². The SMILES string of the molecule is Cc1nc(C(=O)O)c(-c2c(C)oc3ccccc23)s1. The van der Waals surface area contributed by atoms with E-state index in [4.69, 9.17) is 4.42 Å². The first-order chi connectivity index (χ1) is 9.08. The normalized spacial score (nSPS) is 11.1. The van der Waals surface area contributed by atoms with Crippen LogP contribution in [0.5, 0.6) is 0 Å². The zero-order chi connectivity index (χ0) is 13.6. The number of hydrogen-bond acceptors (Lipinski definition) is 4. The highest BCUT2D eigenvalue weighted by atomic mass is 32.1. The summed E-state index contributed by atoms with van der Waals surface area (Å²) < 4.78 is 5.68. The third-order valence-corrected chi connectivity index (χ3v) is 3.92. The molecule has 0 radical (unpaired) electrons. The molecule has 96 valence electrons. The molecule has 3 aromatic rings. The summed E-state index contributed by atoms with van der Waals surface area (Å²) in [5, 5.41) is 10.9. The van der Waals surface area contributed by atoms with Crippen LogP contribution in [0.2, 0.25) is 0 Å². The second-order valence-corrected chi connectivity index (χ2v) is 5.45. The van der Waals surface area contributed by atoms with E-state index in [1.807, 2.05) is 31.2 Å². The standard InChI is InChI=1S/C14H11NO3S/c1-7-11(9-5-3-4-6-10(9)18-7)13-12(14(16)17)15-8(2)19-13/h3-6H,1-2H3,(H,16,17). The quantitative estimate of drug-likeness (QED) is 0.769. The zero-order valence-corrected chi connectivity index (χ0v) is 11.2. The van der Waals surface area contributed by atoms with Crippen molar-refractivity contribution in [2.45, 2.75) is 13.8 Å². The second-order valence-electron chi connectivity index (χ2n) is 4.25. The number of furan rings is 1. The monoisotopic (exact) mass is 273 g/mol. The molecule has 4 nitrogen and oxygen atoms in total. The molecule has 0 aliphatic rings. The van der Waals surface area contributed by atoms with Gasteiger partial charge < -0.3 is 9.52 Å². The molecule has 1 aromatic carbocycles. The average Bonchev–Trinajstić information content (AvgIpc) is 2.88. The van der Waals surface area contributed by atoms with Crippen molar-refractivity contribution in [3.05, 3.63) is 40.7 Å². The van der Waals surface area contributed by atoms with E-state index in [1.165, 1.54) is 11.3 Å². The molecule has 19 heavy (non-hydrogen) atoms. The van der Waals surface area contributed by atoms with E-state index >= 15 is 0 Å². The van der Waals surface area contributed by atoms with E-state index in [2.05, 4.69) is 4.98 Å². The van der Waals surface area contributed by atoms with Crippen LogP contribution in [-0.4, -0.2) is 16.1 Å². The number of rotatable bonds is 2. The molecular formula is C14H11NO3S. The number of fused-ring (bicyclic) bond motifs is 1. The number of aromatic nitrogens is 1. The van der Waals surface area contributed by atoms with Crippen molar-refractivity contribution < 1.29 is 14.3 Å². The molecular weight excluding hydrogens is 262 g/mol. The highest BCUT2D eigenvalue weighted by molar-refractivity contribution is 7.15. The first-order valence-corrected chi connectivity index (χ1v) is 6.59. The maximum Gasteiger partial charge on any atom is 0.356 e. The number of nitrogens with zero attached hydrogens (tertiary/aromatic N) is 1. The molecule has 0 saturated heterocycles. The highest BCUT2D eigenvalue weighted by Gasteiger charge is 2.22. The number of aryl methyl sites for hydroxylation is 2. The largest absolute Gasteiger partial charge is 0.476 e. The molecule has 3 rings (SSSR count). The Morgan fingerprint density at radius 1 is 1.32 bits per heavy atom. The van der Waals surface area contributed by atoms with E-state index in [-0.39, 0.29) is 5.69 Å². The first kappa shape index (κ1) is 11.9. The van der Waals surface area contributed by atoms with Gasteiger partial charge >= 0.3 is 5.97 Å². The Bertz CT molecular complexity index is 785. The van der Waals surface area contributed by atoms with Crippen molar-refractivity contribution in [3.8, 4) is 10.4 Å². The van der Waals surface area contributed by atoms with Gasteiger partial charge in [0.1, 0.15) is 11.3 Å². The Morgan fingerprint density at radius 2 is 2.05 bits per heavy atom. The Hall–Kier alpha value is -2.14. The summed E-state index contributed by atoms with van der Waals surface area (Å²) in [5.74, 6) is -0.295. The minimum absolute atomic E-state index is 0.0946. The average molecular weight is 273 g/mol. The lowest BCUT2D eigenvalue weighted by Crippen LogP contribution is -1.98. The van der Waals surface area contributed by atoms with Crippen molar-refractivity contribution in [1.29, 1.82) is 0 Å². The summed E-state index contributed by atoms with van der Waals surface area (Å²) in [6, 6.07) is 7.61. The molecule has 5 heteroatoms. The van der Waals surface area contributed by atoms with E-state index in [0.29, 0.717) is 10.6 Å². The third kappa shape index (κ3) is 1.82. The van der Waals surface area contributed by atoms with Crippen molar-refractivity contribution in [2.75, 3.05) is 0 Å². The van der Waals surface area contributed by atoms with Gasteiger partial charge in [-0.3, -0.25) is 0 Å². The minimum atomic E-state index is -1.01. The number of para-hydroxylation sites is 1. The summed E-state index contributed by atoms with van der Waals surface area (Å²) in [5.41, 5.74) is 1.69. The summed E-state index contributed by atoms with van der Waals surface area (Å²) >= 11 is 1.38. The zero-order valence-electron chi connectivity index (χ0n) is 10.4. The van der Waals surface area contributed by atoms with Gasteiger partial charge in [0.25, 0.3) is 0 Å². The Labute approximate surface area is 113 Å². The number of hydrogen-bond donors (Lipinski definition) is 1. The van der Waals surface area contributed by atoms with Crippen LogP contribution >= 0.6 is 11.3 Å². The van der Waals surface area contributed by atoms with Gasteiger partial charge in [0.15, 0.2) is 5.69 Å². The molecule has 0 fully saturated rings. The molecule has 0 aliphatic heterocycles. The van der Waals surface area contributed by atoms with Gasteiger partial charge in [-0.05, 0) is 19.9 Å². The molecule has 1 N–H and O–H groups in total. The number of aromatic carboxylic acids is 1. The Kier molecular flexibility index (Phi) is 2.64. The summed E-state index contributed by atoms with van der Waals surface area (Å²) in [4.78, 5) is 16.0. The van der Waals surface area contributed by atoms with Crippen LogP contribution < -0.4 is 0 Å². The van der Waals surface area contributed by atoms with Crippen LogP contribution in [0.4, 0.5) is 0 Å². The summed E-state index contributed by atoms with van der Waals surface area (Å²) in [7, 11) is 0. The van der Waals surface area contributed by atoms with Gasteiger partial charge in [0.2, 0.25) is 0 Å². The van der Waals surface area contributed by atoms with Crippen LogP contribution in [0.1, 0.15) is 21.3 Å². The predicted molar refractivity (Wildman–Crippen MR) is 73.8 cm³/mol. The van der Waals surface area contributed by atoms with Crippen LogP contribution in [-0.2, 0) is 0 Å². The number of benzene rings is 1. The molecule has 2 heterocycles. The third-order valence-electron chi connectivity index (χ3n) is 2.94. The molecule has 0 aliphatic carbocycles. The van der Waals surface area contributed by atoms with Crippen LogP contribution in [0.3, 0.4) is 0 Å². The topological polar surface area (TPSA) is 63.3 Å². The van der Waals surface area contributed by atoms with Crippen molar-refractivity contribution in [2.24, 2.45) is 0 Å². The fraction of sp³-hybridized carbons (Fsp3) is 0.143. The van der Waals surface area contributed by atoms with Gasteiger partial charge in [-0.25, -0.2) is 9.78 Å². The highest BCUT2D eigenvalue weighted by Crippen LogP contribution is 2.39. The smallest absolute Gasteiger partial charge is 0.356 e. The van der Waals surface area contributed by atoms with E-state index in [1.54, 1.807) is 6.92 Å². The first-order valence-electron chi connectivity index (χ1n) is 5.77. The summed E-state index contributed by atoms with van der Waals surface area (Å²) in [6.07, 6.45) is 0. The lowest BCUT2D eigenvalue weighted by atomic mass is 10.1. The molecule has 0 unspecified atom stereocenters. The Balaban J connectivity index is 2.36. The maximum atomic E-state index is 11.3. The number of carboxylic acid groups (broad SMARTS) is 1. The van der Waals surface area contributed by atoms with Gasteiger partial charge in [-0.15, -0.1) is 11.3 Å². The number of thiazole rings is 1. The molecule has 2 aromatic heterocycles. The van der Waals surface area contributed by atoms with Gasteiger partial charge in [-0.1, -0.05) is 18.2 Å². The molecule has 0 spiro atoms. The van der Waals surface area contributed by atoms with Crippen molar-refractivity contribution >= 4 is 28.3 Å². The van der Waals surface area contributed by atoms with Crippen LogP contribution in [0.25, 0.3) is 21.4 Å². The van der Waals surface area contributed by atoms with Gasteiger partial charge in [-0.2, -0.15) is 0 Å². The molecule has 0 saturated carbocycles. The lowest BCUT2D eigenvalue weighted by Gasteiger charge is -1.97. The lowest BCUT2D eigenvalue weighted by molar-refractivity contribution is 0.0692. The number of carbonyl (C=O) groups is 1. The number of carboxylic acids is 1. The fourth-order valence-electron chi connectivity index (χ4n) is 2.19. The molecule has 0 atom stereocenters. The molecule has 0 bridgehead atoms. The van der Waals surface area contributed by atoms with Crippen LogP contribution in [0, 0.1) is 13.8 Å². The predicted octanol–water partition coefficient (Wildman–Crippen LogP) is 3.87. The van der Waals surface area contributed by atoms with Gasteiger partial charge in [0, 0.05) is 10.9 Å². The van der Waals surface area contributed by atoms with Crippen LogP contribution in [0.15, 0.2) is 28.7 Å². The van der Waals surface area contributed by atoms with Crippen molar-refractivity contribution in [1.82, 2.24) is 4.98 Å². The van der Waals surface area contributed by atoms with E-state index < -0.39 is 5.97 Å². The van der Waals surface area contributed by atoms with E-state index in [0.717, 1.165) is 21.5 Å². The van der Waals surface area contributed by atoms with Gasteiger partial charge in [0.05, 0.1) is 9.88 Å². The second kappa shape index (κ2) is 4.20. The minimum Gasteiger partial charge on any atom is -0.476 e. The maximum absolute atomic E-state index is 11.3. The fourth-order valence-corrected chi connectivity index (χ4v) is 3.21. The Morgan fingerprint density at radius 3 is 2.79 bits per heavy atom. The summed E-state index contributed by atoms with van der Waals surface area (Å²) in [6.45, 7) is 3.65. The van der Waals surface area contributed by atoms with E-state index in [9.17, 15) is 9.90 Å².